The molecule has 0 aliphatic rings. The molecule has 0 saturated heterocycles. The number of anilines is 1. The van der Waals surface area contributed by atoms with E-state index in [0.29, 0.717) is 11.4 Å². The fourth-order valence-corrected chi connectivity index (χ4v) is 1.35. The molecule has 0 bridgehead atoms. The van der Waals surface area contributed by atoms with Crippen molar-refractivity contribution in [3.05, 3.63) is 17.8 Å². The molecule has 0 saturated carbocycles. The maximum absolute atomic E-state index is 8.58. The third-order valence-corrected chi connectivity index (χ3v) is 2.19. The van der Waals surface area contributed by atoms with E-state index in [9.17, 15) is 0 Å². The summed E-state index contributed by atoms with van der Waals surface area (Å²) in [4.78, 5) is 0. The predicted octanol–water partition coefficient (Wildman–Crippen LogP) is 1.30. The van der Waals surface area contributed by atoms with Crippen LogP contribution in [-0.4, -0.2) is 16.6 Å². The van der Waals surface area contributed by atoms with Gasteiger partial charge in [-0.25, -0.2) is 0 Å². The maximum Gasteiger partial charge on any atom is 0.104 e. The van der Waals surface area contributed by atoms with Gasteiger partial charge in [0, 0.05) is 18.5 Å². The van der Waals surface area contributed by atoms with E-state index >= 15 is 0 Å². The number of nitrogens with zero attached hydrogens (tertiary/aromatic N) is 2. The first-order chi connectivity index (χ1) is 5.77. The van der Waals surface area contributed by atoms with Crippen LogP contribution in [0.1, 0.15) is 5.56 Å². The number of thioether (sulfide) groups is 1. The van der Waals surface area contributed by atoms with Gasteiger partial charge in [0.25, 0.3) is 0 Å². The molecule has 4 heteroatoms. The Morgan fingerprint density at radius 1 is 1.75 bits per heavy atom. The van der Waals surface area contributed by atoms with Crippen molar-refractivity contribution in [1.82, 2.24) is 4.57 Å². The summed E-state index contributed by atoms with van der Waals surface area (Å²) >= 11 is 1.76. The van der Waals surface area contributed by atoms with Crippen molar-refractivity contribution < 1.29 is 0 Å². The fourth-order valence-electron chi connectivity index (χ4n) is 0.966. The smallest absolute Gasteiger partial charge is 0.104 e. The zero-order chi connectivity index (χ0) is 8.97. The van der Waals surface area contributed by atoms with Gasteiger partial charge in [-0.3, -0.25) is 0 Å². The van der Waals surface area contributed by atoms with Crippen LogP contribution in [-0.2, 0) is 6.54 Å². The summed E-state index contributed by atoms with van der Waals surface area (Å²) in [7, 11) is 0. The Labute approximate surface area is 76.2 Å². The second-order valence-electron chi connectivity index (χ2n) is 2.45. The highest BCUT2D eigenvalue weighted by Crippen LogP contribution is 2.10. The van der Waals surface area contributed by atoms with Gasteiger partial charge in [0.1, 0.15) is 11.9 Å². The van der Waals surface area contributed by atoms with Crippen molar-refractivity contribution in [1.29, 1.82) is 5.26 Å². The number of nitrogens with two attached hydrogens (primary N) is 1. The highest BCUT2D eigenvalue weighted by molar-refractivity contribution is 7.98. The second kappa shape index (κ2) is 4.07. The molecule has 1 heterocycles. The summed E-state index contributed by atoms with van der Waals surface area (Å²) in [5.41, 5.74) is 6.29. The zero-order valence-electron chi connectivity index (χ0n) is 6.95. The zero-order valence-corrected chi connectivity index (χ0v) is 7.77. The summed E-state index contributed by atoms with van der Waals surface area (Å²) in [5.74, 6) is 1.68. The lowest BCUT2D eigenvalue weighted by Crippen LogP contribution is -2.02. The number of nitrogen functional groups attached to an aromatic ring is 1. The molecule has 2 N–H and O–H groups in total. The van der Waals surface area contributed by atoms with Crippen LogP contribution in [0, 0.1) is 11.3 Å². The van der Waals surface area contributed by atoms with Crippen molar-refractivity contribution in [2.75, 3.05) is 17.7 Å². The number of nitriles is 1. The first kappa shape index (κ1) is 9.01. The average molecular weight is 181 g/mol. The predicted molar refractivity (Wildman–Crippen MR) is 51.9 cm³/mol. The number of aromatic nitrogens is 1. The van der Waals surface area contributed by atoms with Gasteiger partial charge in [-0.05, 0) is 12.3 Å². The van der Waals surface area contributed by atoms with Gasteiger partial charge in [0.2, 0.25) is 0 Å². The molecule has 0 aliphatic heterocycles. The first-order valence-electron chi connectivity index (χ1n) is 3.62. The topological polar surface area (TPSA) is 54.7 Å². The Morgan fingerprint density at radius 2 is 2.50 bits per heavy atom. The molecule has 1 aromatic heterocycles. The van der Waals surface area contributed by atoms with E-state index in [-0.39, 0.29) is 0 Å². The number of rotatable bonds is 3. The molecule has 0 fully saturated rings. The van der Waals surface area contributed by atoms with Gasteiger partial charge in [-0.15, -0.1) is 0 Å². The van der Waals surface area contributed by atoms with Crippen molar-refractivity contribution in [3.63, 3.8) is 0 Å². The highest BCUT2D eigenvalue weighted by atomic mass is 32.2. The van der Waals surface area contributed by atoms with E-state index in [1.54, 1.807) is 24.0 Å². The molecule has 0 atom stereocenters. The molecule has 64 valence electrons. The van der Waals surface area contributed by atoms with Crippen molar-refractivity contribution in [2.45, 2.75) is 6.54 Å². The SMILES string of the molecule is CSCCn1cc(C#N)cc1N. The molecule has 1 rings (SSSR count). The van der Waals surface area contributed by atoms with Gasteiger partial charge in [0.15, 0.2) is 0 Å². The van der Waals surface area contributed by atoms with Crippen LogP contribution >= 0.6 is 11.8 Å². The maximum atomic E-state index is 8.58. The summed E-state index contributed by atoms with van der Waals surface area (Å²) in [6.07, 6.45) is 3.83. The van der Waals surface area contributed by atoms with Crippen LogP contribution < -0.4 is 5.73 Å². The van der Waals surface area contributed by atoms with E-state index in [2.05, 4.69) is 6.07 Å². The van der Waals surface area contributed by atoms with Crippen LogP contribution in [0.3, 0.4) is 0 Å². The van der Waals surface area contributed by atoms with Gasteiger partial charge in [-0.2, -0.15) is 17.0 Å². The van der Waals surface area contributed by atoms with Gasteiger partial charge >= 0.3 is 0 Å². The average Bonchev–Trinajstić information content (AvgIpc) is 2.43. The Morgan fingerprint density at radius 3 is 3.00 bits per heavy atom. The van der Waals surface area contributed by atoms with Crippen LogP contribution in [0.2, 0.25) is 0 Å². The molecule has 0 unspecified atom stereocenters. The highest BCUT2D eigenvalue weighted by Gasteiger charge is 2.00. The first-order valence-corrected chi connectivity index (χ1v) is 5.02. The monoisotopic (exact) mass is 181 g/mol. The number of hydrogen-bond donors (Lipinski definition) is 1. The summed E-state index contributed by atoms with van der Waals surface area (Å²) in [6, 6.07) is 3.75. The fraction of sp³-hybridized carbons (Fsp3) is 0.375. The Kier molecular flexibility index (Phi) is 3.06. The molecular weight excluding hydrogens is 170 g/mol. The molecule has 3 nitrogen and oxygen atoms in total. The lowest BCUT2D eigenvalue weighted by atomic mass is 10.4. The Hall–Kier alpha value is -1.08. The number of aryl methyl sites for hydroxylation is 1. The van der Waals surface area contributed by atoms with E-state index in [1.165, 1.54) is 0 Å². The minimum Gasteiger partial charge on any atom is -0.385 e. The lowest BCUT2D eigenvalue weighted by molar-refractivity contribution is 0.789. The van der Waals surface area contributed by atoms with Crippen molar-refractivity contribution >= 4 is 17.6 Å². The minimum absolute atomic E-state index is 0.633. The van der Waals surface area contributed by atoms with E-state index in [0.717, 1.165) is 12.3 Å². The Balaban J connectivity index is 2.72. The standard InChI is InChI=1S/C8H11N3S/c1-12-3-2-11-6-7(5-9)4-8(11)10/h4,6H,2-3,10H2,1H3. The molecule has 0 radical (unpaired) electrons. The third kappa shape index (κ3) is 1.95. The minimum atomic E-state index is 0.633. The molecule has 0 aromatic carbocycles. The number of hydrogen-bond acceptors (Lipinski definition) is 3. The Bertz CT molecular complexity index is 298. The molecule has 0 aliphatic carbocycles. The van der Waals surface area contributed by atoms with E-state index < -0.39 is 0 Å². The van der Waals surface area contributed by atoms with Crippen LogP contribution in [0.4, 0.5) is 5.82 Å². The van der Waals surface area contributed by atoms with Crippen LogP contribution in [0.15, 0.2) is 12.3 Å². The largest absolute Gasteiger partial charge is 0.385 e. The quantitative estimate of drug-likeness (QED) is 0.764. The molecule has 1 aromatic rings. The summed E-state index contributed by atoms with van der Waals surface area (Å²) < 4.78 is 1.90. The van der Waals surface area contributed by atoms with Crippen molar-refractivity contribution in [2.24, 2.45) is 0 Å². The van der Waals surface area contributed by atoms with Gasteiger partial charge in [0.05, 0.1) is 5.56 Å². The normalized spacial score (nSPS) is 9.67. The molecule has 0 amide bonds. The summed E-state index contributed by atoms with van der Waals surface area (Å²) in [6.45, 7) is 0.870. The van der Waals surface area contributed by atoms with Crippen LogP contribution in [0.25, 0.3) is 0 Å². The second-order valence-corrected chi connectivity index (χ2v) is 3.44. The van der Waals surface area contributed by atoms with Gasteiger partial charge in [-0.1, -0.05) is 0 Å². The van der Waals surface area contributed by atoms with Crippen molar-refractivity contribution in [3.8, 4) is 6.07 Å². The molecule has 12 heavy (non-hydrogen) atoms. The molecular formula is C8H11N3S. The summed E-state index contributed by atoms with van der Waals surface area (Å²) in [5, 5.41) is 8.58. The molecule has 0 spiro atoms. The van der Waals surface area contributed by atoms with Gasteiger partial charge < -0.3 is 10.3 Å². The lowest BCUT2D eigenvalue weighted by Gasteiger charge is -2.02. The van der Waals surface area contributed by atoms with E-state index in [4.69, 9.17) is 11.0 Å². The van der Waals surface area contributed by atoms with Crippen LogP contribution in [0.5, 0.6) is 0 Å². The van der Waals surface area contributed by atoms with E-state index in [1.807, 2.05) is 10.8 Å². The third-order valence-electron chi connectivity index (χ3n) is 1.60.